The molecule has 4 rings (SSSR count). The molecule has 0 spiro atoms. The Morgan fingerprint density at radius 1 is 0.914 bits per heavy atom. The van der Waals surface area contributed by atoms with Crippen LogP contribution in [0.25, 0.3) is 0 Å². The first kappa shape index (κ1) is 27.0. The molecule has 7 atom stereocenters. The van der Waals surface area contributed by atoms with Gasteiger partial charge in [0.15, 0.2) is 0 Å². The Hall–Kier alpha value is -1.05. The van der Waals surface area contributed by atoms with Crippen molar-refractivity contribution in [2.45, 2.75) is 132 Å². The molecule has 0 N–H and O–H groups in total. The Balaban J connectivity index is 1.44. The van der Waals surface area contributed by atoms with Crippen molar-refractivity contribution in [3.63, 3.8) is 0 Å². The van der Waals surface area contributed by atoms with Gasteiger partial charge in [-0.3, -0.25) is 4.79 Å². The summed E-state index contributed by atoms with van der Waals surface area (Å²) >= 11 is 0. The molecular formula is C33H54O2. The van der Waals surface area contributed by atoms with E-state index in [1.54, 1.807) is 11.1 Å². The Morgan fingerprint density at radius 2 is 1.66 bits per heavy atom. The minimum atomic E-state index is 0.00730. The van der Waals surface area contributed by atoms with Crippen LogP contribution in [0.1, 0.15) is 126 Å². The summed E-state index contributed by atoms with van der Waals surface area (Å²) < 4.78 is 5.94. The number of carbonyl (C=O) groups is 1. The molecular weight excluding hydrogens is 428 g/mol. The fourth-order valence-electron chi connectivity index (χ4n) is 8.75. The van der Waals surface area contributed by atoms with E-state index >= 15 is 0 Å². The second-order valence-corrected chi connectivity index (χ2v) is 14.2. The molecule has 0 aromatic rings. The zero-order valence-corrected chi connectivity index (χ0v) is 24.0. The number of allylic oxidation sites excluding steroid dienone is 3. The molecule has 0 saturated heterocycles. The molecule has 4 aliphatic carbocycles. The van der Waals surface area contributed by atoms with Crippen molar-refractivity contribution in [3.8, 4) is 0 Å². The Bertz CT molecular complexity index is 819. The van der Waals surface area contributed by atoms with E-state index in [1.807, 2.05) is 0 Å². The normalized spacial score (nSPS) is 37.3. The van der Waals surface area contributed by atoms with Crippen molar-refractivity contribution in [2.24, 2.45) is 46.3 Å². The molecule has 0 aromatic carbocycles. The quantitative estimate of drug-likeness (QED) is 0.306. The highest BCUT2D eigenvalue weighted by Gasteiger charge is 2.57. The maximum atomic E-state index is 12.4. The van der Waals surface area contributed by atoms with E-state index in [9.17, 15) is 4.79 Å². The standard InChI is InChI=1S/C33H54O2/c1-22(2)9-8-10-24(5)28-14-15-29-27-13-12-25-21-26(35-31(34)16-11-23(3)4)17-19-32(25,6)30(27)18-20-33(28,29)7/h12-13,22-24,26,28-30H,8-11,14-21H2,1-7H3/t24-,26+,28?,29?,30?,32+,33-/m1/s1. The second-order valence-electron chi connectivity index (χ2n) is 14.2. The average molecular weight is 483 g/mol. The van der Waals surface area contributed by atoms with Crippen LogP contribution in [0.4, 0.5) is 0 Å². The highest BCUT2D eigenvalue weighted by atomic mass is 16.5. The molecule has 2 nitrogen and oxygen atoms in total. The first-order valence-electron chi connectivity index (χ1n) is 15.1. The molecule has 0 bridgehead atoms. The molecule has 0 radical (unpaired) electrons. The highest BCUT2D eigenvalue weighted by molar-refractivity contribution is 5.69. The predicted molar refractivity (Wildman–Crippen MR) is 147 cm³/mol. The zero-order chi connectivity index (χ0) is 25.4. The first-order valence-corrected chi connectivity index (χ1v) is 15.1. The largest absolute Gasteiger partial charge is 0.462 e. The summed E-state index contributed by atoms with van der Waals surface area (Å²) in [5.41, 5.74) is 4.10. The lowest BCUT2D eigenvalue weighted by molar-refractivity contribution is -0.151. The lowest BCUT2D eigenvalue weighted by Crippen LogP contribution is -2.46. The molecule has 4 aliphatic rings. The smallest absolute Gasteiger partial charge is 0.306 e. The number of hydrogen-bond acceptors (Lipinski definition) is 2. The summed E-state index contributed by atoms with van der Waals surface area (Å²) in [6.07, 6.45) is 19.5. The maximum absolute atomic E-state index is 12.4. The Morgan fingerprint density at radius 3 is 2.37 bits per heavy atom. The lowest BCUT2D eigenvalue weighted by atomic mass is 9.50. The van der Waals surface area contributed by atoms with Crippen molar-refractivity contribution in [2.75, 3.05) is 0 Å². The number of fused-ring (bicyclic) bond motifs is 5. The number of rotatable bonds is 9. The lowest BCUT2D eigenvalue weighted by Gasteiger charge is -2.55. The Labute approximate surface area is 216 Å². The minimum Gasteiger partial charge on any atom is -0.462 e. The third kappa shape index (κ3) is 5.47. The molecule has 0 amide bonds. The van der Waals surface area contributed by atoms with Gasteiger partial charge in [0.25, 0.3) is 0 Å². The van der Waals surface area contributed by atoms with Gasteiger partial charge in [0.05, 0.1) is 0 Å². The van der Waals surface area contributed by atoms with Gasteiger partial charge < -0.3 is 4.74 Å². The van der Waals surface area contributed by atoms with Crippen molar-refractivity contribution in [1.82, 2.24) is 0 Å². The number of ether oxygens (including phenoxy) is 1. The summed E-state index contributed by atoms with van der Waals surface area (Å²) in [5.74, 6) is 4.61. The van der Waals surface area contributed by atoms with E-state index < -0.39 is 0 Å². The Kier molecular flexibility index (Phi) is 8.29. The number of esters is 1. The van der Waals surface area contributed by atoms with Crippen LogP contribution in [0.5, 0.6) is 0 Å². The van der Waals surface area contributed by atoms with Gasteiger partial charge in [-0.1, -0.05) is 91.0 Å². The predicted octanol–water partition coefficient (Wildman–Crippen LogP) is 9.30. The monoisotopic (exact) mass is 482 g/mol. The van der Waals surface area contributed by atoms with Crippen LogP contribution in [0.3, 0.4) is 0 Å². The fourth-order valence-corrected chi connectivity index (χ4v) is 8.75. The fraction of sp³-hybridized carbons (Fsp3) is 0.848. The van der Waals surface area contributed by atoms with E-state index in [1.165, 1.54) is 51.4 Å². The molecule has 198 valence electrons. The van der Waals surface area contributed by atoms with E-state index in [0.29, 0.717) is 23.7 Å². The highest BCUT2D eigenvalue weighted by Crippen LogP contribution is 2.66. The van der Waals surface area contributed by atoms with Crippen LogP contribution >= 0.6 is 0 Å². The van der Waals surface area contributed by atoms with Gasteiger partial charge in [-0.25, -0.2) is 0 Å². The molecule has 3 fully saturated rings. The van der Waals surface area contributed by atoms with Crippen molar-refractivity contribution >= 4 is 5.97 Å². The van der Waals surface area contributed by atoms with Gasteiger partial charge in [0.2, 0.25) is 0 Å². The minimum absolute atomic E-state index is 0.00730. The van der Waals surface area contributed by atoms with Gasteiger partial charge in [-0.15, -0.1) is 0 Å². The number of hydrogen-bond donors (Lipinski definition) is 0. The first-order chi connectivity index (χ1) is 16.5. The van der Waals surface area contributed by atoms with Gasteiger partial charge in [0, 0.05) is 12.8 Å². The summed E-state index contributed by atoms with van der Waals surface area (Å²) in [6.45, 7) is 16.8. The summed E-state index contributed by atoms with van der Waals surface area (Å²) in [4.78, 5) is 12.4. The van der Waals surface area contributed by atoms with E-state index in [-0.39, 0.29) is 17.5 Å². The maximum Gasteiger partial charge on any atom is 0.306 e. The summed E-state index contributed by atoms with van der Waals surface area (Å²) in [5, 5.41) is 0. The van der Waals surface area contributed by atoms with Crippen LogP contribution in [0, 0.1) is 46.3 Å². The second kappa shape index (κ2) is 10.7. The molecule has 3 unspecified atom stereocenters. The third-order valence-corrected chi connectivity index (χ3v) is 11.0. The molecule has 0 aromatic heterocycles. The number of carbonyl (C=O) groups excluding carboxylic acids is 1. The van der Waals surface area contributed by atoms with Gasteiger partial charge >= 0.3 is 5.97 Å². The van der Waals surface area contributed by atoms with Crippen LogP contribution in [-0.2, 0) is 9.53 Å². The van der Waals surface area contributed by atoms with Crippen molar-refractivity contribution < 1.29 is 9.53 Å². The molecule has 3 saturated carbocycles. The van der Waals surface area contributed by atoms with Crippen molar-refractivity contribution in [3.05, 3.63) is 23.3 Å². The van der Waals surface area contributed by atoms with E-state index in [4.69, 9.17) is 4.74 Å². The van der Waals surface area contributed by atoms with E-state index in [0.717, 1.165) is 42.9 Å². The third-order valence-electron chi connectivity index (χ3n) is 11.0. The van der Waals surface area contributed by atoms with Crippen LogP contribution < -0.4 is 0 Å². The van der Waals surface area contributed by atoms with Crippen LogP contribution in [0.2, 0.25) is 0 Å². The topological polar surface area (TPSA) is 26.3 Å². The SMILES string of the molecule is CC(C)CCC[C@@H](C)C1CCC2C3=CC=C4C[C@@H](OC(=O)CCC(C)C)CC[C@]4(C)C3CC[C@@]21C. The molecule has 2 heteroatoms. The average Bonchev–Trinajstić information content (AvgIpc) is 3.15. The van der Waals surface area contributed by atoms with E-state index in [2.05, 4.69) is 60.6 Å². The van der Waals surface area contributed by atoms with Gasteiger partial charge in [-0.2, -0.15) is 0 Å². The van der Waals surface area contributed by atoms with Crippen molar-refractivity contribution in [1.29, 1.82) is 0 Å². The molecule has 0 aliphatic heterocycles. The summed E-state index contributed by atoms with van der Waals surface area (Å²) in [7, 11) is 0. The van der Waals surface area contributed by atoms with Crippen LogP contribution in [-0.4, -0.2) is 12.1 Å². The molecule has 35 heavy (non-hydrogen) atoms. The zero-order valence-electron chi connectivity index (χ0n) is 24.0. The van der Waals surface area contributed by atoms with Gasteiger partial charge in [0.1, 0.15) is 6.10 Å². The van der Waals surface area contributed by atoms with Crippen LogP contribution in [0.15, 0.2) is 23.3 Å². The van der Waals surface area contributed by atoms with Gasteiger partial charge in [-0.05, 0) is 91.3 Å². The molecule has 0 heterocycles. The summed E-state index contributed by atoms with van der Waals surface area (Å²) in [6, 6.07) is 0.